The first-order chi connectivity index (χ1) is 7.03. The minimum Gasteiger partial charge on any atom is -0.383 e. The molecule has 0 radical (unpaired) electrons. The lowest BCUT2D eigenvalue weighted by molar-refractivity contribution is 0.210. The lowest BCUT2D eigenvalue weighted by Crippen LogP contribution is -2.18. The molecule has 0 atom stereocenters. The van der Waals surface area contributed by atoms with Crippen LogP contribution in [0.4, 0.5) is 5.95 Å². The highest BCUT2D eigenvalue weighted by molar-refractivity contribution is 5.25. The molecule has 0 saturated carbocycles. The maximum Gasteiger partial charge on any atom is 0.202 e. The van der Waals surface area contributed by atoms with Crippen LogP contribution in [-0.4, -0.2) is 29.8 Å². The first-order valence-electron chi connectivity index (χ1n) is 5.27. The Labute approximate surface area is 91.7 Å². The van der Waals surface area contributed by atoms with Gasteiger partial charge in [-0.15, -0.1) is 0 Å². The van der Waals surface area contributed by atoms with Crippen molar-refractivity contribution in [3.63, 3.8) is 0 Å². The van der Waals surface area contributed by atoms with Crippen molar-refractivity contribution in [1.82, 2.24) is 9.55 Å². The van der Waals surface area contributed by atoms with Gasteiger partial charge in [0.2, 0.25) is 5.95 Å². The second-order valence-corrected chi connectivity index (χ2v) is 4.86. The highest BCUT2D eigenvalue weighted by atomic mass is 16.5. The Morgan fingerprint density at radius 1 is 1.47 bits per heavy atom. The zero-order chi connectivity index (χ0) is 11.3. The Kier molecular flexibility index (Phi) is 4.15. The van der Waals surface area contributed by atoms with Gasteiger partial charge in [-0.3, -0.25) is 0 Å². The van der Waals surface area contributed by atoms with E-state index in [0.717, 1.165) is 19.0 Å². The van der Waals surface area contributed by atoms with Crippen molar-refractivity contribution in [3.8, 4) is 0 Å². The zero-order valence-corrected chi connectivity index (χ0v) is 10.1. The summed E-state index contributed by atoms with van der Waals surface area (Å²) >= 11 is 0. The summed E-state index contributed by atoms with van der Waals surface area (Å²) in [4.78, 5) is 4.27. The van der Waals surface area contributed by atoms with Crippen LogP contribution in [0, 0.1) is 5.41 Å². The number of aromatic nitrogens is 2. The van der Waals surface area contributed by atoms with Crippen LogP contribution >= 0.6 is 0 Å². The van der Waals surface area contributed by atoms with Gasteiger partial charge in [0.05, 0.1) is 6.61 Å². The van der Waals surface area contributed by atoms with E-state index in [9.17, 15) is 0 Å². The van der Waals surface area contributed by atoms with Crippen molar-refractivity contribution in [2.45, 2.75) is 27.3 Å². The number of hydrogen-bond acceptors (Lipinski definition) is 3. The molecule has 0 saturated heterocycles. The summed E-state index contributed by atoms with van der Waals surface area (Å²) in [5, 5.41) is 3.24. The maximum absolute atomic E-state index is 4.98. The zero-order valence-electron chi connectivity index (χ0n) is 10.1. The molecule has 1 heterocycles. The molecule has 0 amide bonds. The van der Waals surface area contributed by atoms with E-state index in [1.807, 2.05) is 12.4 Å². The van der Waals surface area contributed by atoms with E-state index in [1.165, 1.54) is 0 Å². The molecule has 15 heavy (non-hydrogen) atoms. The van der Waals surface area contributed by atoms with E-state index < -0.39 is 0 Å². The Bertz CT molecular complexity index is 288. The van der Waals surface area contributed by atoms with Gasteiger partial charge in [-0.2, -0.15) is 0 Å². The van der Waals surface area contributed by atoms with E-state index in [-0.39, 0.29) is 5.41 Å². The monoisotopic (exact) mass is 211 g/mol. The molecule has 1 aromatic heterocycles. The predicted octanol–water partition coefficient (Wildman–Crippen LogP) is 1.99. The van der Waals surface area contributed by atoms with Crippen molar-refractivity contribution in [3.05, 3.63) is 12.4 Å². The molecule has 0 aliphatic rings. The van der Waals surface area contributed by atoms with Gasteiger partial charge in [0.15, 0.2) is 0 Å². The Balaban J connectivity index is 2.53. The summed E-state index contributed by atoms with van der Waals surface area (Å²) in [6.45, 7) is 9.09. The van der Waals surface area contributed by atoms with Crippen LogP contribution in [-0.2, 0) is 11.3 Å². The minimum absolute atomic E-state index is 0.262. The Morgan fingerprint density at radius 2 is 2.20 bits per heavy atom. The van der Waals surface area contributed by atoms with Gasteiger partial charge in [0, 0.05) is 32.6 Å². The van der Waals surface area contributed by atoms with E-state index in [2.05, 4.69) is 35.6 Å². The van der Waals surface area contributed by atoms with Gasteiger partial charge >= 0.3 is 0 Å². The summed E-state index contributed by atoms with van der Waals surface area (Å²) in [7, 11) is 1.70. The van der Waals surface area contributed by atoms with Crippen LogP contribution in [0.5, 0.6) is 0 Å². The van der Waals surface area contributed by atoms with Gasteiger partial charge < -0.3 is 14.6 Å². The quantitative estimate of drug-likeness (QED) is 0.757. The van der Waals surface area contributed by atoms with Crippen molar-refractivity contribution in [1.29, 1.82) is 0 Å². The van der Waals surface area contributed by atoms with Crippen LogP contribution in [0.25, 0.3) is 0 Å². The smallest absolute Gasteiger partial charge is 0.202 e. The Morgan fingerprint density at radius 3 is 2.80 bits per heavy atom. The van der Waals surface area contributed by atoms with Gasteiger partial charge in [0.1, 0.15) is 0 Å². The highest BCUT2D eigenvalue weighted by Gasteiger charge is 2.13. The fourth-order valence-corrected chi connectivity index (χ4v) is 1.38. The summed E-state index contributed by atoms with van der Waals surface area (Å²) in [5.41, 5.74) is 0.262. The maximum atomic E-state index is 4.98. The van der Waals surface area contributed by atoms with E-state index in [1.54, 1.807) is 7.11 Å². The molecule has 4 nitrogen and oxygen atoms in total. The predicted molar refractivity (Wildman–Crippen MR) is 62.0 cm³/mol. The third kappa shape index (κ3) is 4.34. The SMILES string of the molecule is COCCNc1nccn1CC(C)(C)C. The van der Waals surface area contributed by atoms with Gasteiger partial charge in [-0.05, 0) is 5.41 Å². The van der Waals surface area contributed by atoms with E-state index in [0.29, 0.717) is 6.61 Å². The molecule has 1 N–H and O–H groups in total. The summed E-state index contributed by atoms with van der Waals surface area (Å²) in [6.07, 6.45) is 3.82. The molecule has 0 fully saturated rings. The second-order valence-electron chi connectivity index (χ2n) is 4.86. The fourth-order valence-electron chi connectivity index (χ4n) is 1.38. The van der Waals surface area contributed by atoms with Gasteiger partial charge in [-0.25, -0.2) is 4.98 Å². The number of anilines is 1. The molecular weight excluding hydrogens is 190 g/mol. The van der Waals surface area contributed by atoms with Crippen LogP contribution in [0.15, 0.2) is 12.4 Å². The van der Waals surface area contributed by atoms with Crippen LogP contribution < -0.4 is 5.32 Å². The van der Waals surface area contributed by atoms with E-state index >= 15 is 0 Å². The molecule has 0 aromatic carbocycles. The normalized spacial score (nSPS) is 11.7. The topological polar surface area (TPSA) is 39.1 Å². The van der Waals surface area contributed by atoms with Gasteiger partial charge in [0.25, 0.3) is 0 Å². The number of rotatable bonds is 5. The lowest BCUT2D eigenvalue weighted by atomic mass is 9.97. The first-order valence-corrected chi connectivity index (χ1v) is 5.27. The van der Waals surface area contributed by atoms with Crippen LogP contribution in [0.1, 0.15) is 20.8 Å². The number of imidazole rings is 1. The number of methoxy groups -OCH3 is 1. The van der Waals surface area contributed by atoms with Crippen molar-refractivity contribution < 1.29 is 4.74 Å². The molecule has 0 aliphatic carbocycles. The molecular formula is C11H21N3O. The average molecular weight is 211 g/mol. The van der Waals surface area contributed by atoms with Crippen molar-refractivity contribution in [2.24, 2.45) is 5.41 Å². The lowest BCUT2D eigenvalue weighted by Gasteiger charge is -2.20. The Hall–Kier alpha value is -1.03. The standard InChI is InChI=1S/C11H21N3O/c1-11(2,3)9-14-7-5-12-10(14)13-6-8-15-4/h5,7H,6,8-9H2,1-4H3,(H,12,13). The fraction of sp³-hybridized carbons (Fsp3) is 0.727. The minimum atomic E-state index is 0.262. The average Bonchev–Trinajstić information content (AvgIpc) is 2.50. The molecule has 0 unspecified atom stereocenters. The number of ether oxygens (including phenoxy) is 1. The van der Waals surface area contributed by atoms with Crippen molar-refractivity contribution in [2.75, 3.05) is 25.6 Å². The second kappa shape index (κ2) is 5.16. The molecule has 1 aromatic rings. The number of nitrogens with one attached hydrogen (secondary N) is 1. The third-order valence-electron chi connectivity index (χ3n) is 1.95. The molecule has 86 valence electrons. The molecule has 0 spiro atoms. The van der Waals surface area contributed by atoms with Crippen LogP contribution in [0.3, 0.4) is 0 Å². The third-order valence-corrected chi connectivity index (χ3v) is 1.95. The van der Waals surface area contributed by atoms with Crippen LogP contribution in [0.2, 0.25) is 0 Å². The summed E-state index contributed by atoms with van der Waals surface area (Å²) < 4.78 is 7.12. The molecule has 0 aliphatic heterocycles. The summed E-state index contributed by atoms with van der Waals surface area (Å²) in [6, 6.07) is 0. The first kappa shape index (κ1) is 12.0. The number of nitrogens with zero attached hydrogens (tertiary/aromatic N) is 2. The van der Waals surface area contributed by atoms with E-state index in [4.69, 9.17) is 4.74 Å². The highest BCUT2D eigenvalue weighted by Crippen LogP contribution is 2.18. The molecule has 4 heteroatoms. The largest absolute Gasteiger partial charge is 0.383 e. The number of hydrogen-bond donors (Lipinski definition) is 1. The molecule has 1 rings (SSSR count). The molecule has 0 bridgehead atoms. The summed E-state index contributed by atoms with van der Waals surface area (Å²) in [5.74, 6) is 0.918. The van der Waals surface area contributed by atoms with Gasteiger partial charge in [-0.1, -0.05) is 20.8 Å². The van der Waals surface area contributed by atoms with Crippen molar-refractivity contribution >= 4 is 5.95 Å².